The monoisotopic (exact) mass is 308 g/mol. The molecule has 1 aliphatic rings. The fraction of sp³-hybridized carbons (Fsp3) is 0.857. The van der Waals surface area contributed by atoms with E-state index in [1.807, 2.05) is 0 Å². The Morgan fingerprint density at radius 1 is 1.14 bits per heavy atom. The number of nitrogens with one attached hydrogen (secondary N) is 1. The van der Waals surface area contributed by atoms with Crippen molar-refractivity contribution in [3.8, 4) is 0 Å². The van der Waals surface area contributed by atoms with Crippen LogP contribution in [0.2, 0.25) is 0 Å². The maximum Gasteiger partial charge on any atom is 0.389 e. The quantitative estimate of drug-likeness (QED) is 0.849. The second kappa shape index (κ2) is 5.85. The van der Waals surface area contributed by atoms with Crippen molar-refractivity contribution in [2.75, 3.05) is 6.54 Å². The zero-order valence-corrected chi connectivity index (χ0v) is 12.9. The number of alkyl halides is 3. The SMILES string of the molecule is CCC1(CC)C(=O)NC(C)(C)C(=O)N1CCCC(F)(F)F. The van der Waals surface area contributed by atoms with Crippen LogP contribution in [0.25, 0.3) is 0 Å². The minimum Gasteiger partial charge on any atom is -0.340 e. The Balaban J connectivity index is 3.00. The molecule has 0 unspecified atom stereocenters. The molecule has 0 aromatic heterocycles. The summed E-state index contributed by atoms with van der Waals surface area (Å²) < 4.78 is 36.9. The Bertz CT molecular complexity index is 415. The lowest BCUT2D eigenvalue weighted by Crippen LogP contribution is -2.74. The molecule has 0 radical (unpaired) electrons. The van der Waals surface area contributed by atoms with Crippen LogP contribution in [0.5, 0.6) is 0 Å². The molecule has 0 aliphatic carbocycles. The lowest BCUT2D eigenvalue weighted by Gasteiger charge is -2.50. The molecule has 1 aliphatic heterocycles. The summed E-state index contributed by atoms with van der Waals surface area (Å²) >= 11 is 0. The molecule has 7 heteroatoms. The minimum atomic E-state index is -4.25. The Labute approximate surface area is 123 Å². The number of piperazine rings is 1. The molecule has 0 bridgehead atoms. The molecular weight excluding hydrogens is 285 g/mol. The van der Waals surface area contributed by atoms with E-state index in [-0.39, 0.29) is 24.8 Å². The number of carbonyl (C=O) groups is 2. The van der Waals surface area contributed by atoms with E-state index in [2.05, 4.69) is 5.32 Å². The van der Waals surface area contributed by atoms with Crippen molar-refractivity contribution in [2.24, 2.45) is 0 Å². The van der Waals surface area contributed by atoms with Crippen LogP contribution < -0.4 is 5.32 Å². The van der Waals surface area contributed by atoms with Crippen molar-refractivity contribution in [1.82, 2.24) is 10.2 Å². The summed E-state index contributed by atoms with van der Waals surface area (Å²) in [5.74, 6) is -0.614. The van der Waals surface area contributed by atoms with E-state index < -0.39 is 23.7 Å². The van der Waals surface area contributed by atoms with Crippen molar-refractivity contribution in [3.63, 3.8) is 0 Å². The lowest BCUT2D eigenvalue weighted by atomic mass is 9.82. The molecule has 1 saturated heterocycles. The topological polar surface area (TPSA) is 49.4 Å². The second-order valence-electron chi connectivity index (χ2n) is 5.99. The third-order valence-corrected chi connectivity index (χ3v) is 4.16. The van der Waals surface area contributed by atoms with Gasteiger partial charge in [0, 0.05) is 13.0 Å². The molecule has 2 amide bonds. The fourth-order valence-electron chi connectivity index (χ4n) is 2.81. The number of carbonyl (C=O) groups excluding carboxylic acids is 2. The van der Waals surface area contributed by atoms with Crippen LogP contribution in [0, 0.1) is 0 Å². The average Bonchev–Trinajstić information content (AvgIpc) is 2.34. The van der Waals surface area contributed by atoms with Gasteiger partial charge in [0.15, 0.2) is 0 Å². The van der Waals surface area contributed by atoms with E-state index in [4.69, 9.17) is 0 Å². The highest BCUT2D eigenvalue weighted by atomic mass is 19.4. The van der Waals surface area contributed by atoms with Crippen molar-refractivity contribution < 1.29 is 22.8 Å². The van der Waals surface area contributed by atoms with Crippen molar-refractivity contribution >= 4 is 11.8 Å². The minimum absolute atomic E-state index is 0.0587. The van der Waals surface area contributed by atoms with E-state index in [0.717, 1.165) is 0 Å². The third kappa shape index (κ3) is 3.49. The van der Waals surface area contributed by atoms with E-state index in [0.29, 0.717) is 12.8 Å². The van der Waals surface area contributed by atoms with E-state index in [9.17, 15) is 22.8 Å². The van der Waals surface area contributed by atoms with Crippen LogP contribution in [0.3, 0.4) is 0 Å². The molecule has 0 saturated carbocycles. The predicted octanol–water partition coefficient (Wildman–Crippen LogP) is 2.62. The standard InChI is InChI=1S/C14H23F3N2O2/c1-5-13(6-2)10(20)18-12(3,4)11(21)19(13)9-7-8-14(15,16)17/h5-9H2,1-4H3,(H,18,20). The van der Waals surface area contributed by atoms with Crippen molar-refractivity contribution in [3.05, 3.63) is 0 Å². The van der Waals surface area contributed by atoms with E-state index >= 15 is 0 Å². The van der Waals surface area contributed by atoms with Crippen molar-refractivity contribution in [2.45, 2.75) is 70.6 Å². The fourth-order valence-corrected chi connectivity index (χ4v) is 2.81. The number of rotatable bonds is 5. The summed E-state index contributed by atoms with van der Waals surface area (Å²) in [5, 5.41) is 2.68. The van der Waals surface area contributed by atoms with Gasteiger partial charge in [-0.3, -0.25) is 9.59 Å². The first-order chi connectivity index (χ1) is 9.50. The van der Waals surface area contributed by atoms with Gasteiger partial charge in [-0.25, -0.2) is 0 Å². The van der Waals surface area contributed by atoms with Crippen LogP contribution in [-0.2, 0) is 9.59 Å². The Morgan fingerprint density at radius 3 is 2.10 bits per heavy atom. The largest absolute Gasteiger partial charge is 0.389 e. The molecule has 0 atom stereocenters. The smallest absolute Gasteiger partial charge is 0.340 e. The normalized spacial score (nSPS) is 21.4. The van der Waals surface area contributed by atoms with Crippen LogP contribution in [0.1, 0.15) is 53.4 Å². The average molecular weight is 308 g/mol. The first-order valence-corrected chi connectivity index (χ1v) is 7.21. The van der Waals surface area contributed by atoms with Gasteiger partial charge in [-0.15, -0.1) is 0 Å². The maximum atomic E-state index is 12.5. The maximum absolute atomic E-state index is 12.5. The number of nitrogens with zero attached hydrogens (tertiary/aromatic N) is 1. The summed E-state index contributed by atoms with van der Waals surface area (Å²) in [7, 11) is 0. The molecule has 1 fully saturated rings. The molecule has 1 rings (SSSR count). The molecule has 0 aromatic rings. The summed E-state index contributed by atoms with van der Waals surface area (Å²) in [4.78, 5) is 26.2. The van der Waals surface area contributed by atoms with Gasteiger partial charge < -0.3 is 10.2 Å². The van der Waals surface area contributed by atoms with Gasteiger partial charge in [0.05, 0.1) is 0 Å². The zero-order chi connectivity index (χ0) is 16.5. The molecule has 0 aromatic carbocycles. The number of hydrogen-bond donors (Lipinski definition) is 1. The molecule has 1 heterocycles. The molecule has 4 nitrogen and oxygen atoms in total. The van der Waals surface area contributed by atoms with Crippen LogP contribution in [0.15, 0.2) is 0 Å². The molecule has 0 spiro atoms. The van der Waals surface area contributed by atoms with Gasteiger partial charge in [0.25, 0.3) is 0 Å². The lowest BCUT2D eigenvalue weighted by molar-refractivity contribution is -0.164. The Kier molecular flexibility index (Phi) is 4.95. The van der Waals surface area contributed by atoms with Gasteiger partial charge in [0.2, 0.25) is 11.8 Å². The van der Waals surface area contributed by atoms with Gasteiger partial charge >= 0.3 is 6.18 Å². The summed E-state index contributed by atoms with van der Waals surface area (Å²) in [5.41, 5.74) is -2.12. The highest BCUT2D eigenvalue weighted by Gasteiger charge is 2.53. The molecular formula is C14H23F3N2O2. The van der Waals surface area contributed by atoms with Gasteiger partial charge in [-0.1, -0.05) is 13.8 Å². The van der Waals surface area contributed by atoms with Gasteiger partial charge in [0.1, 0.15) is 11.1 Å². The second-order valence-corrected chi connectivity index (χ2v) is 5.99. The number of halogens is 3. The highest BCUT2D eigenvalue weighted by Crippen LogP contribution is 2.33. The number of amides is 2. The summed E-state index contributed by atoms with van der Waals surface area (Å²) in [6.45, 7) is 6.62. The summed E-state index contributed by atoms with van der Waals surface area (Å²) in [6, 6.07) is 0. The van der Waals surface area contributed by atoms with Crippen LogP contribution in [-0.4, -0.2) is 40.5 Å². The van der Waals surface area contributed by atoms with Crippen LogP contribution in [0.4, 0.5) is 13.2 Å². The third-order valence-electron chi connectivity index (χ3n) is 4.16. The summed E-state index contributed by atoms with van der Waals surface area (Å²) in [6.07, 6.45) is -4.65. The Morgan fingerprint density at radius 2 is 1.67 bits per heavy atom. The van der Waals surface area contributed by atoms with Crippen molar-refractivity contribution in [1.29, 1.82) is 0 Å². The molecule has 122 valence electrons. The zero-order valence-electron chi connectivity index (χ0n) is 12.9. The highest BCUT2D eigenvalue weighted by molar-refractivity contribution is 6.01. The first-order valence-electron chi connectivity index (χ1n) is 7.21. The molecule has 21 heavy (non-hydrogen) atoms. The van der Waals surface area contributed by atoms with Gasteiger partial charge in [-0.05, 0) is 33.1 Å². The first kappa shape index (κ1) is 17.8. The van der Waals surface area contributed by atoms with Gasteiger partial charge in [-0.2, -0.15) is 13.2 Å². The van der Waals surface area contributed by atoms with E-state index in [1.54, 1.807) is 27.7 Å². The molecule has 1 N–H and O–H groups in total. The van der Waals surface area contributed by atoms with E-state index in [1.165, 1.54) is 4.90 Å². The predicted molar refractivity (Wildman–Crippen MR) is 72.5 cm³/mol. The van der Waals surface area contributed by atoms with Crippen LogP contribution >= 0.6 is 0 Å². The number of hydrogen-bond acceptors (Lipinski definition) is 2. The Hall–Kier alpha value is -1.27.